The SMILES string of the molecule is C/C=C(\C)C(=O)OC/C(=C\C)C(=O)OCc1ccn2c1C(OC(=O)/C(C)=C/C)CC2OC(C)=O. The number of aromatic nitrogens is 1. The van der Waals surface area contributed by atoms with Crippen molar-refractivity contribution in [2.24, 2.45) is 0 Å². The lowest BCUT2D eigenvalue weighted by molar-refractivity contribution is -0.153. The van der Waals surface area contributed by atoms with Crippen LogP contribution in [0.25, 0.3) is 0 Å². The highest BCUT2D eigenvalue weighted by molar-refractivity contribution is 5.91. The Balaban J connectivity index is 2.14. The molecule has 0 fully saturated rings. The lowest BCUT2D eigenvalue weighted by Gasteiger charge is -2.15. The van der Waals surface area contributed by atoms with Gasteiger partial charge in [0, 0.05) is 36.3 Å². The fraction of sp³-hybridized carbons (Fsp3) is 0.440. The highest BCUT2D eigenvalue weighted by atomic mass is 16.6. The molecule has 2 unspecified atom stereocenters. The van der Waals surface area contributed by atoms with Gasteiger partial charge in [0.05, 0.1) is 11.3 Å². The summed E-state index contributed by atoms with van der Waals surface area (Å²) in [5.74, 6) is -2.10. The second kappa shape index (κ2) is 12.0. The van der Waals surface area contributed by atoms with E-state index in [2.05, 4.69) is 0 Å². The first kappa shape index (κ1) is 26.6. The molecule has 2 atom stereocenters. The van der Waals surface area contributed by atoms with Crippen molar-refractivity contribution in [2.45, 2.75) is 66.9 Å². The zero-order chi connectivity index (χ0) is 25.4. The van der Waals surface area contributed by atoms with E-state index in [4.69, 9.17) is 18.9 Å². The molecule has 0 aromatic carbocycles. The topological polar surface area (TPSA) is 110 Å². The quantitative estimate of drug-likeness (QED) is 0.301. The average molecular weight is 474 g/mol. The van der Waals surface area contributed by atoms with Crippen LogP contribution in [-0.2, 0) is 44.7 Å². The van der Waals surface area contributed by atoms with Crippen LogP contribution in [-0.4, -0.2) is 35.1 Å². The van der Waals surface area contributed by atoms with Gasteiger partial charge in [-0.15, -0.1) is 0 Å². The minimum atomic E-state index is -0.679. The van der Waals surface area contributed by atoms with Crippen LogP contribution in [0.1, 0.15) is 71.6 Å². The van der Waals surface area contributed by atoms with Crippen LogP contribution < -0.4 is 0 Å². The van der Waals surface area contributed by atoms with Crippen molar-refractivity contribution in [2.75, 3.05) is 6.61 Å². The van der Waals surface area contributed by atoms with Gasteiger partial charge in [0.2, 0.25) is 0 Å². The first-order chi connectivity index (χ1) is 16.1. The first-order valence-corrected chi connectivity index (χ1v) is 11.0. The van der Waals surface area contributed by atoms with Crippen LogP contribution in [0.4, 0.5) is 0 Å². The standard InChI is InChI=1S/C25H31NO8/c1-7-15(4)23(28)31-13-18(9-3)25(30)32-14-19-10-11-26-21(33-17(6)27)12-20(22(19)26)34-24(29)16(5)8-2/h7-11,20-21H,12-14H2,1-6H3/b15-7+,16-8+,18-9+. The Bertz CT molecular complexity index is 1040. The van der Waals surface area contributed by atoms with Gasteiger partial charge in [0.25, 0.3) is 0 Å². The summed E-state index contributed by atoms with van der Waals surface area (Å²) in [4.78, 5) is 48.3. The van der Waals surface area contributed by atoms with E-state index >= 15 is 0 Å². The van der Waals surface area contributed by atoms with Crippen LogP contribution in [0, 0.1) is 0 Å². The molecular formula is C25H31NO8. The summed E-state index contributed by atoms with van der Waals surface area (Å²) in [5.41, 5.74) is 2.27. The van der Waals surface area contributed by atoms with Gasteiger partial charge in [-0.25, -0.2) is 14.4 Å². The van der Waals surface area contributed by atoms with E-state index in [1.54, 1.807) is 63.6 Å². The second-order valence-electron chi connectivity index (χ2n) is 7.74. The Morgan fingerprint density at radius 2 is 1.56 bits per heavy atom. The predicted octanol–water partition coefficient (Wildman–Crippen LogP) is 4.00. The maximum Gasteiger partial charge on any atom is 0.337 e. The number of carbonyl (C=O) groups is 4. The Kier molecular flexibility index (Phi) is 9.41. The third kappa shape index (κ3) is 6.46. The monoisotopic (exact) mass is 473 g/mol. The molecule has 184 valence electrons. The summed E-state index contributed by atoms with van der Waals surface area (Å²) >= 11 is 0. The molecule has 9 nitrogen and oxygen atoms in total. The van der Waals surface area contributed by atoms with Crippen LogP contribution in [0.15, 0.2) is 47.2 Å². The molecular weight excluding hydrogens is 442 g/mol. The van der Waals surface area contributed by atoms with E-state index in [9.17, 15) is 19.2 Å². The molecule has 0 N–H and O–H groups in total. The number of hydrogen-bond donors (Lipinski definition) is 0. The Morgan fingerprint density at radius 3 is 2.15 bits per heavy atom. The van der Waals surface area contributed by atoms with Crippen molar-refractivity contribution in [3.8, 4) is 0 Å². The molecule has 2 heterocycles. The van der Waals surface area contributed by atoms with E-state index in [0.717, 1.165) is 0 Å². The molecule has 0 spiro atoms. The maximum absolute atomic E-state index is 12.6. The van der Waals surface area contributed by atoms with E-state index in [1.807, 2.05) is 0 Å². The summed E-state index contributed by atoms with van der Waals surface area (Å²) in [6.45, 7) is 9.34. The smallest absolute Gasteiger partial charge is 0.337 e. The van der Waals surface area contributed by atoms with Gasteiger partial charge in [-0.1, -0.05) is 18.2 Å². The summed E-state index contributed by atoms with van der Waals surface area (Å²) in [6, 6.07) is 1.71. The molecule has 2 rings (SSSR count). The highest BCUT2D eigenvalue weighted by Gasteiger charge is 2.37. The van der Waals surface area contributed by atoms with E-state index in [1.165, 1.54) is 13.0 Å². The molecule has 0 amide bonds. The third-order valence-electron chi connectivity index (χ3n) is 5.46. The van der Waals surface area contributed by atoms with Crippen molar-refractivity contribution in [1.29, 1.82) is 0 Å². The molecule has 34 heavy (non-hydrogen) atoms. The fourth-order valence-corrected chi connectivity index (χ4v) is 3.27. The lowest BCUT2D eigenvalue weighted by atomic mass is 10.1. The molecule has 0 bridgehead atoms. The van der Waals surface area contributed by atoms with Gasteiger partial charge in [-0.3, -0.25) is 4.79 Å². The Morgan fingerprint density at radius 1 is 0.912 bits per heavy atom. The van der Waals surface area contributed by atoms with E-state index < -0.39 is 36.2 Å². The van der Waals surface area contributed by atoms with Crippen molar-refractivity contribution >= 4 is 23.9 Å². The molecule has 0 radical (unpaired) electrons. The number of allylic oxidation sites excluding steroid dienone is 3. The summed E-state index contributed by atoms with van der Waals surface area (Å²) in [6.07, 6.45) is 5.41. The number of carbonyl (C=O) groups excluding carboxylic acids is 4. The Labute approximate surface area is 199 Å². The average Bonchev–Trinajstić information content (AvgIpc) is 3.37. The van der Waals surface area contributed by atoms with E-state index in [0.29, 0.717) is 22.4 Å². The van der Waals surface area contributed by atoms with Gasteiger partial charge in [0.15, 0.2) is 6.23 Å². The van der Waals surface area contributed by atoms with Gasteiger partial charge >= 0.3 is 23.9 Å². The molecule has 0 saturated carbocycles. The van der Waals surface area contributed by atoms with Crippen LogP contribution in [0.2, 0.25) is 0 Å². The molecule has 1 aromatic rings. The first-order valence-electron chi connectivity index (χ1n) is 11.0. The predicted molar refractivity (Wildman–Crippen MR) is 122 cm³/mol. The minimum absolute atomic E-state index is 0.107. The molecule has 0 saturated heterocycles. The van der Waals surface area contributed by atoms with Gasteiger partial charge < -0.3 is 23.5 Å². The maximum atomic E-state index is 12.6. The third-order valence-corrected chi connectivity index (χ3v) is 5.46. The zero-order valence-corrected chi connectivity index (χ0v) is 20.4. The number of nitrogens with zero attached hydrogens (tertiary/aromatic N) is 1. The van der Waals surface area contributed by atoms with Crippen molar-refractivity contribution in [3.63, 3.8) is 0 Å². The number of ether oxygens (including phenoxy) is 4. The van der Waals surface area contributed by atoms with Crippen molar-refractivity contribution < 1.29 is 38.1 Å². The molecule has 1 aliphatic rings. The van der Waals surface area contributed by atoms with E-state index in [-0.39, 0.29) is 25.2 Å². The van der Waals surface area contributed by atoms with Crippen LogP contribution in [0.5, 0.6) is 0 Å². The summed E-state index contributed by atoms with van der Waals surface area (Å²) in [7, 11) is 0. The van der Waals surface area contributed by atoms with Crippen LogP contribution >= 0.6 is 0 Å². The van der Waals surface area contributed by atoms with Crippen LogP contribution in [0.3, 0.4) is 0 Å². The summed E-state index contributed by atoms with van der Waals surface area (Å²) < 4.78 is 23.3. The fourth-order valence-electron chi connectivity index (χ4n) is 3.27. The number of esters is 4. The molecule has 9 heteroatoms. The Hall–Kier alpha value is -3.62. The van der Waals surface area contributed by atoms with Crippen molar-refractivity contribution in [3.05, 3.63) is 58.5 Å². The van der Waals surface area contributed by atoms with Gasteiger partial charge in [-0.2, -0.15) is 0 Å². The molecule has 1 aliphatic heterocycles. The normalized spacial score (nSPS) is 18.2. The largest absolute Gasteiger partial charge is 0.457 e. The number of fused-ring (bicyclic) bond motifs is 1. The zero-order valence-electron chi connectivity index (χ0n) is 20.4. The highest BCUT2D eigenvalue weighted by Crippen LogP contribution is 2.41. The van der Waals surface area contributed by atoms with Gasteiger partial charge in [-0.05, 0) is 40.7 Å². The van der Waals surface area contributed by atoms with Crippen molar-refractivity contribution in [1.82, 2.24) is 4.57 Å². The molecule has 1 aromatic heterocycles. The second-order valence-corrected chi connectivity index (χ2v) is 7.74. The molecule has 0 aliphatic carbocycles. The van der Waals surface area contributed by atoms with Gasteiger partial charge in [0.1, 0.15) is 19.3 Å². The summed E-state index contributed by atoms with van der Waals surface area (Å²) in [5, 5.41) is 0. The number of hydrogen-bond acceptors (Lipinski definition) is 8. The number of rotatable bonds is 9. The lowest BCUT2D eigenvalue weighted by Crippen LogP contribution is -2.16. The minimum Gasteiger partial charge on any atom is -0.457 e.